The van der Waals surface area contributed by atoms with Crippen LogP contribution in [0, 0.1) is 0 Å². The van der Waals surface area contributed by atoms with E-state index in [9.17, 15) is 9.59 Å². The van der Waals surface area contributed by atoms with Gasteiger partial charge in [0.05, 0.1) is 6.04 Å². The van der Waals surface area contributed by atoms with Crippen LogP contribution in [0.5, 0.6) is 0 Å². The number of amides is 3. The van der Waals surface area contributed by atoms with Crippen LogP contribution in [0.1, 0.15) is 50.1 Å². The molecule has 1 aliphatic heterocycles. The monoisotopic (exact) mass is 324 g/mol. The average Bonchev–Trinajstić information content (AvgIpc) is 2.90. The van der Waals surface area contributed by atoms with Crippen LogP contribution in [0.25, 0.3) is 0 Å². The Labute approximate surface area is 135 Å². The molecule has 1 aromatic rings. The largest absolute Gasteiger partial charge is 0.343 e. The zero-order valence-electron chi connectivity index (χ0n) is 13.0. The Morgan fingerprint density at radius 1 is 1.32 bits per heavy atom. The SMILES string of the molecule is C[C@H](NC(=O)NCCC(=O)N1CCCCCC1)c1nccs1. The summed E-state index contributed by atoms with van der Waals surface area (Å²) < 4.78 is 0. The first kappa shape index (κ1) is 16.7. The molecule has 6 nitrogen and oxygen atoms in total. The molecular weight excluding hydrogens is 300 g/mol. The van der Waals surface area contributed by atoms with E-state index in [-0.39, 0.29) is 18.0 Å². The molecule has 0 radical (unpaired) electrons. The van der Waals surface area contributed by atoms with Crippen LogP contribution in [-0.2, 0) is 4.79 Å². The molecule has 1 aromatic heterocycles. The molecule has 122 valence electrons. The van der Waals surface area contributed by atoms with E-state index < -0.39 is 0 Å². The van der Waals surface area contributed by atoms with Gasteiger partial charge in [0.2, 0.25) is 5.91 Å². The summed E-state index contributed by atoms with van der Waals surface area (Å²) >= 11 is 1.51. The Kier molecular flexibility index (Phi) is 6.64. The molecule has 1 aliphatic rings. The summed E-state index contributed by atoms with van der Waals surface area (Å²) in [6, 6.07) is -0.382. The van der Waals surface area contributed by atoms with E-state index in [0.717, 1.165) is 30.9 Å². The van der Waals surface area contributed by atoms with Gasteiger partial charge < -0.3 is 15.5 Å². The number of nitrogens with one attached hydrogen (secondary N) is 2. The number of aromatic nitrogens is 1. The van der Waals surface area contributed by atoms with Crippen molar-refractivity contribution in [1.82, 2.24) is 20.5 Å². The highest BCUT2D eigenvalue weighted by Crippen LogP contribution is 2.14. The number of nitrogens with zero attached hydrogens (tertiary/aromatic N) is 2. The van der Waals surface area contributed by atoms with Crippen LogP contribution in [-0.4, -0.2) is 41.5 Å². The van der Waals surface area contributed by atoms with Crippen molar-refractivity contribution < 1.29 is 9.59 Å². The van der Waals surface area contributed by atoms with Crippen molar-refractivity contribution in [3.05, 3.63) is 16.6 Å². The van der Waals surface area contributed by atoms with Gasteiger partial charge in [0, 0.05) is 37.6 Å². The molecule has 1 fully saturated rings. The minimum atomic E-state index is -0.258. The first-order valence-electron chi connectivity index (χ1n) is 7.88. The van der Waals surface area contributed by atoms with E-state index >= 15 is 0 Å². The third kappa shape index (κ3) is 5.29. The molecule has 0 saturated carbocycles. The Balaban J connectivity index is 1.64. The summed E-state index contributed by atoms with van der Waals surface area (Å²) in [6.07, 6.45) is 6.67. The van der Waals surface area contributed by atoms with Crippen LogP contribution >= 0.6 is 11.3 Å². The average molecular weight is 324 g/mol. The van der Waals surface area contributed by atoms with Crippen molar-refractivity contribution >= 4 is 23.3 Å². The van der Waals surface area contributed by atoms with E-state index in [0.29, 0.717) is 13.0 Å². The van der Waals surface area contributed by atoms with E-state index in [4.69, 9.17) is 0 Å². The van der Waals surface area contributed by atoms with Crippen LogP contribution in [0.2, 0.25) is 0 Å². The maximum atomic E-state index is 12.1. The Bertz CT molecular complexity index is 470. The van der Waals surface area contributed by atoms with Gasteiger partial charge in [-0.15, -0.1) is 11.3 Å². The lowest BCUT2D eigenvalue weighted by molar-refractivity contribution is -0.131. The third-order valence-electron chi connectivity index (χ3n) is 3.75. The number of carbonyl (C=O) groups is 2. The molecule has 22 heavy (non-hydrogen) atoms. The maximum absolute atomic E-state index is 12.1. The number of thiazole rings is 1. The lowest BCUT2D eigenvalue weighted by atomic mass is 10.2. The van der Waals surface area contributed by atoms with Crippen molar-refractivity contribution in [1.29, 1.82) is 0 Å². The summed E-state index contributed by atoms with van der Waals surface area (Å²) in [4.78, 5) is 30.0. The molecule has 0 bridgehead atoms. The van der Waals surface area contributed by atoms with Crippen LogP contribution < -0.4 is 10.6 Å². The summed E-state index contributed by atoms with van der Waals surface area (Å²) in [7, 11) is 0. The molecule has 0 spiro atoms. The van der Waals surface area contributed by atoms with Gasteiger partial charge >= 0.3 is 6.03 Å². The normalized spacial score (nSPS) is 16.7. The first-order chi connectivity index (χ1) is 10.7. The van der Waals surface area contributed by atoms with Gasteiger partial charge in [-0.3, -0.25) is 4.79 Å². The van der Waals surface area contributed by atoms with Gasteiger partial charge in [-0.25, -0.2) is 9.78 Å². The van der Waals surface area contributed by atoms with E-state index in [1.807, 2.05) is 17.2 Å². The highest BCUT2D eigenvalue weighted by molar-refractivity contribution is 7.09. The van der Waals surface area contributed by atoms with Crippen molar-refractivity contribution in [3.8, 4) is 0 Å². The Hall–Kier alpha value is -1.63. The number of carbonyl (C=O) groups excluding carboxylic acids is 2. The zero-order chi connectivity index (χ0) is 15.8. The second-order valence-electron chi connectivity index (χ2n) is 5.54. The number of hydrogen-bond donors (Lipinski definition) is 2. The number of hydrogen-bond acceptors (Lipinski definition) is 4. The zero-order valence-corrected chi connectivity index (χ0v) is 13.8. The van der Waals surface area contributed by atoms with Crippen LogP contribution in [0.3, 0.4) is 0 Å². The first-order valence-corrected chi connectivity index (χ1v) is 8.76. The van der Waals surface area contributed by atoms with Gasteiger partial charge in [-0.05, 0) is 19.8 Å². The van der Waals surface area contributed by atoms with Crippen molar-refractivity contribution in [2.45, 2.75) is 45.1 Å². The smallest absolute Gasteiger partial charge is 0.315 e. The maximum Gasteiger partial charge on any atom is 0.315 e. The lowest BCUT2D eigenvalue weighted by Gasteiger charge is -2.20. The quantitative estimate of drug-likeness (QED) is 0.873. The molecular formula is C15H24N4O2S. The molecule has 2 rings (SSSR count). The number of urea groups is 1. The molecule has 7 heteroatoms. The van der Waals surface area contributed by atoms with E-state index in [1.54, 1.807) is 6.20 Å². The fourth-order valence-corrected chi connectivity index (χ4v) is 3.16. The molecule has 0 aliphatic carbocycles. The summed E-state index contributed by atoms with van der Waals surface area (Å²) in [5, 5.41) is 8.31. The van der Waals surface area contributed by atoms with Crippen molar-refractivity contribution in [2.24, 2.45) is 0 Å². The second kappa shape index (κ2) is 8.73. The molecule has 1 atom stereocenters. The third-order valence-corrected chi connectivity index (χ3v) is 4.71. The van der Waals surface area contributed by atoms with Gasteiger partial charge in [0.15, 0.2) is 0 Å². The molecule has 1 saturated heterocycles. The van der Waals surface area contributed by atoms with Gasteiger partial charge in [-0.1, -0.05) is 12.8 Å². The summed E-state index contributed by atoms with van der Waals surface area (Å²) in [6.45, 7) is 3.96. The number of rotatable bonds is 5. The molecule has 0 aromatic carbocycles. The van der Waals surface area contributed by atoms with Crippen molar-refractivity contribution in [2.75, 3.05) is 19.6 Å². The van der Waals surface area contributed by atoms with E-state index in [1.165, 1.54) is 24.2 Å². The van der Waals surface area contributed by atoms with Crippen molar-refractivity contribution in [3.63, 3.8) is 0 Å². The van der Waals surface area contributed by atoms with Gasteiger partial charge in [0.1, 0.15) is 5.01 Å². The Morgan fingerprint density at radius 2 is 2.05 bits per heavy atom. The standard InChI is InChI=1S/C15H24N4O2S/c1-12(14-16-8-11-22-14)18-15(21)17-7-6-13(20)19-9-4-2-3-5-10-19/h8,11-12H,2-7,9-10H2,1H3,(H2,17,18,21)/t12-/m0/s1. The van der Waals surface area contributed by atoms with Crippen LogP contribution in [0.15, 0.2) is 11.6 Å². The molecule has 2 N–H and O–H groups in total. The van der Waals surface area contributed by atoms with Gasteiger partial charge in [0.25, 0.3) is 0 Å². The summed E-state index contributed by atoms with van der Waals surface area (Å²) in [5.74, 6) is 0.134. The predicted octanol–water partition coefficient (Wildman–Crippen LogP) is 2.30. The minimum Gasteiger partial charge on any atom is -0.343 e. The lowest BCUT2D eigenvalue weighted by Crippen LogP contribution is -2.40. The highest BCUT2D eigenvalue weighted by atomic mass is 32.1. The summed E-state index contributed by atoms with van der Waals surface area (Å²) in [5.41, 5.74) is 0. The predicted molar refractivity (Wildman–Crippen MR) is 86.7 cm³/mol. The second-order valence-corrected chi connectivity index (χ2v) is 6.46. The fraction of sp³-hybridized carbons (Fsp3) is 0.667. The number of likely N-dealkylation sites (tertiary alicyclic amines) is 1. The molecule has 2 heterocycles. The van der Waals surface area contributed by atoms with Crippen LogP contribution in [0.4, 0.5) is 4.79 Å². The fourth-order valence-electron chi connectivity index (χ4n) is 2.52. The minimum absolute atomic E-state index is 0.124. The highest BCUT2D eigenvalue weighted by Gasteiger charge is 2.16. The molecule has 3 amide bonds. The molecule has 0 unspecified atom stereocenters. The van der Waals surface area contributed by atoms with Gasteiger partial charge in [-0.2, -0.15) is 0 Å². The Morgan fingerprint density at radius 3 is 2.68 bits per heavy atom. The topological polar surface area (TPSA) is 74.3 Å². The van der Waals surface area contributed by atoms with E-state index in [2.05, 4.69) is 15.6 Å².